The molecule has 0 bridgehead atoms. The second-order valence-corrected chi connectivity index (χ2v) is 5.26. The van der Waals surface area contributed by atoms with Crippen LogP contribution in [-0.2, 0) is 4.79 Å². The van der Waals surface area contributed by atoms with Crippen LogP contribution in [0.1, 0.15) is 31.6 Å². The van der Waals surface area contributed by atoms with Crippen LogP contribution in [0.3, 0.4) is 0 Å². The zero-order valence-corrected chi connectivity index (χ0v) is 10.2. The van der Waals surface area contributed by atoms with E-state index in [1.807, 2.05) is 6.92 Å². The van der Waals surface area contributed by atoms with Gasteiger partial charge in [-0.1, -0.05) is 18.7 Å². The molecular weight excluding hydrogens is 226 g/mol. The first kappa shape index (κ1) is 11.4. The summed E-state index contributed by atoms with van der Waals surface area (Å²) in [6.45, 7) is 4.14. The maximum atomic E-state index is 10.5. The van der Waals surface area contributed by atoms with Gasteiger partial charge in [-0.15, -0.1) is 10.2 Å². The number of nitrogens with zero attached hydrogens (tertiary/aromatic N) is 3. The van der Waals surface area contributed by atoms with Gasteiger partial charge in [0.15, 0.2) is 5.16 Å². The number of hydrogen-bond acceptors (Lipinski definition) is 4. The fourth-order valence-corrected chi connectivity index (χ4v) is 2.84. The van der Waals surface area contributed by atoms with Crippen molar-refractivity contribution in [3.8, 4) is 0 Å². The first-order valence-electron chi connectivity index (χ1n) is 5.34. The van der Waals surface area contributed by atoms with E-state index in [0.29, 0.717) is 6.04 Å². The molecule has 0 aromatic carbocycles. The van der Waals surface area contributed by atoms with Gasteiger partial charge >= 0.3 is 5.97 Å². The molecule has 1 aromatic rings. The van der Waals surface area contributed by atoms with Crippen molar-refractivity contribution in [2.75, 3.05) is 5.75 Å². The maximum absolute atomic E-state index is 10.5. The van der Waals surface area contributed by atoms with Crippen LogP contribution in [-0.4, -0.2) is 31.6 Å². The molecule has 1 aromatic heterocycles. The molecule has 1 aliphatic rings. The van der Waals surface area contributed by atoms with Crippen molar-refractivity contribution in [2.24, 2.45) is 5.92 Å². The second kappa shape index (κ2) is 4.45. The minimum absolute atomic E-state index is 0.0421. The molecule has 0 saturated heterocycles. The van der Waals surface area contributed by atoms with E-state index in [1.165, 1.54) is 11.8 Å². The number of carboxylic acid groups (broad SMARTS) is 1. The van der Waals surface area contributed by atoms with Crippen molar-refractivity contribution in [3.63, 3.8) is 0 Å². The van der Waals surface area contributed by atoms with Crippen molar-refractivity contribution < 1.29 is 9.90 Å². The highest BCUT2D eigenvalue weighted by molar-refractivity contribution is 7.99. The largest absolute Gasteiger partial charge is 0.481 e. The number of aliphatic carboxylic acids is 1. The summed E-state index contributed by atoms with van der Waals surface area (Å²) in [5.41, 5.74) is 0. The van der Waals surface area contributed by atoms with E-state index in [1.54, 1.807) is 0 Å². The van der Waals surface area contributed by atoms with Crippen LogP contribution in [0.25, 0.3) is 0 Å². The summed E-state index contributed by atoms with van der Waals surface area (Å²) >= 11 is 1.24. The molecule has 1 saturated carbocycles. The third kappa shape index (κ3) is 2.21. The molecule has 5 nitrogen and oxygen atoms in total. The van der Waals surface area contributed by atoms with E-state index in [0.717, 1.165) is 29.7 Å². The SMILES string of the molecule is Cc1nnc(SCC(=O)O)n1C1CC(C)C1. The highest BCUT2D eigenvalue weighted by Crippen LogP contribution is 2.39. The number of aryl methyl sites for hydroxylation is 1. The summed E-state index contributed by atoms with van der Waals surface area (Å²) in [4.78, 5) is 10.5. The molecule has 0 unspecified atom stereocenters. The summed E-state index contributed by atoms with van der Waals surface area (Å²) in [5.74, 6) is 0.855. The van der Waals surface area contributed by atoms with Gasteiger partial charge < -0.3 is 9.67 Å². The summed E-state index contributed by atoms with van der Waals surface area (Å²) in [6, 6.07) is 0.460. The van der Waals surface area contributed by atoms with E-state index in [2.05, 4.69) is 21.7 Å². The Kier molecular flexibility index (Phi) is 3.18. The zero-order valence-electron chi connectivity index (χ0n) is 9.38. The molecule has 0 amide bonds. The third-order valence-corrected chi connectivity index (χ3v) is 3.80. The van der Waals surface area contributed by atoms with E-state index in [9.17, 15) is 4.79 Å². The lowest BCUT2D eigenvalue weighted by Gasteiger charge is -2.34. The summed E-state index contributed by atoms with van der Waals surface area (Å²) in [7, 11) is 0. The number of thioether (sulfide) groups is 1. The molecule has 1 aliphatic carbocycles. The van der Waals surface area contributed by atoms with Crippen molar-refractivity contribution in [1.82, 2.24) is 14.8 Å². The number of carbonyl (C=O) groups is 1. The molecule has 1 heterocycles. The van der Waals surface area contributed by atoms with Gasteiger partial charge in [-0.25, -0.2) is 0 Å². The Morgan fingerprint density at radius 2 is 2.25 bits per heavy atom. The number of carboxylic acids is 1. The van der Waals surface area contributed by atoms with Crippen molar-refractivity contribution in [1.29, 1.82) is 0 Å². The Bertz CT molecular complexity index is 399. The van der Waals surface area contributed by atoms with E-state index < -0.39 is 5.97 Å². The Labute approximate surface area is 98.3 Å². The topological polar surface area (TPSA) is 68.0 Å². The van der Waals surface area contributed by atoms with Crippen LogP contribution >= 0.6 is 11.8 Å². The molecule has 1 N–H and O–H groups in total. The highest BCUT2D eigenvalue weighted by Gasteiger charge is 2.30. The number of hydrogen-bond donors (Lipinski definition) is 1. The quantitative estimate of drug-likeness (QED) is 0.813. The van der Waals surface area contributed by atoms with Crippen LogP contribution in [0.2, 0.25) is 0 Å². The zero-order chi connectivity index (χ0) is 11.7. The van der Waals surface area contributed by atoms with Gasteiger partial charge in [0.25, 0.3) is 0 Å². The second-order valence-electron chi connectivity index (χ2n) is 4.31. The van der Waals surface area contributed by atoms with Crippen LogP contribution in [0.4, 0.5) is 0 Å². The molecule has 1 fully saturated rings. The smallest absolute Gasteiger partial charge is 0.313 e. The molecule has 88 valence electrons. The van der Waals surface area contributed by atoms with E-state index >= 15 is 0 Å². The monoisotopic (exact) mass is 241 g/mol. The Morgan fingerprint density at radius 3 is 2.81 bits per heavy atom. The molecule has 0 atom stereocenters. The van der Waals surface area contributed by atoms with E-state index in [4.69, 9.17) is 5.11 Å². The van der Waals surface area contributed by atoms with Gasteiger partial charge in [0.1, 0.15) is 5.82 Å². The fourth-order valence-electron chi connectivity index (χ4n) is 2.07. The average Bonchev–Trinajstić information content (AvgIpc) is 2.52. The van der Waals surface area contributed by atoms with Gasteiger partial charge in [-0.05, 0) is 25.7 Å². The van der Waals surface area contributed by atoms with Gasteiger partial charge in [0.2, 0.25) is 0 Å². The third-order valence-electron chi connectivity index (χ3n) is 2.87. The molecule has 0 aliphatic heterocycles. The van der Waals surface area contributed by atoms with Crippen LogP contribution in [0.15, 0.2) is 5.16 Å². The lowest BCUT2D eigenvalue weighted by Crippen LogP contribution is -2.26. The molecular formula is C10H15N3O2S. The Hall–Kier alpha value is -1.04. The lowest BCUT2D eigenvalue weighted by molar-refractivity contribution is -0.133. The predicted molar refractivity (Wildman–Crippen MR) is 60.6 cm³/mol. The number of aromatic nitrogens is 3. The summed E-state index contributed by atoms with van der Waals surface area (Å²) < 4.78 is 2.08. The standard InChI is InChI=1S/C10H15N3O2S/c1-6-3-8(4-6)13-7(2)11-12-10(13)16-5-9(14)15/h6,8H,3-5H2,1-2H3,(H,14,15). The molecule has 2 rings (SSSR count). The Morgan fingerprint density at radius 1 is 1.56 bits per heavy atom. The van der Waals surface area contributed by atoms with E-state index in [-0.39, 0.29) is 5.75 Å². The van der Waals surface area contributed by atoms with Crippen LogP contribution in [0, 0.1) is 12.8 Å². The fraction of sp³-hybridized carbons (Fsp3) is 0.700. The average molecular weight is 241 g/mol. The molecule has 0 radical (unpaired) electrons. The highest BCUT2D eigenvalue weighted by atomic mass is 32.2. The molecule has 0 spiro atoms. The minimum atomic E-state index is -0.820. The molecule has 16 heavy (non-hydrogen) atoms. The maximum Gasteiger partial charge on any atom is 0.313 e. The minimum Gasteiger partial charge on any atom is -0.481 e. The van der Waals surface area contributed by atoms with Gasteiger partial charge in [0, 0.05) is 6.04 Å². The van der Waals surface area contributed by atoms with Crippen molar-refractivity contribution >= 4 is 17.7 Å². The Balaban J connectivity index is 2.10. The predicted octanol–water partition coefficient (Wildman–Crippen LogP) is 1.73. The van der Waals surface area contributed by atoms with Crippen LogP contribution in [0.5, 0.6) is 0 Å². The first-order valence-corrected chi connectivity index (χ1v) is 6.32. The number of rotatable bonds is 4. The summed E-state index contributed by atoms with van der Waals surface area (Å²) in [6.07, 6.45) is 2.28. The van der Waals surface area contributed by atoms with Crippen molar-refractivity contribution in [3.05, 3.63) is 5.82 Å². The lowest BCUT2D eigenvalue weighted by atomic mass is 9.82. The van der Waals surface area contributed by atoms with Crippen LogP contribution < -0.4 is 0 Å². The summed E-state index contributed by atoms with van der Waals surface area (Å²) in [5, 5.41) is 17.4. The van der Waals surface area contributed by atoms with Gasteiger partial charge in [-0.3, -0.25) is 4.79 Å². The van der Waals surface area contributed by atoms with Gasteiger partial charge in [-0.2, -0.15) is 0 Å². The van der Waals surface area contributed by atoms with Gasteiger partial charge in [0.05, 0.1) is 5.75 Å². The first-order chi connectivity index (χ1) is 7.58. The normalized spacial score (nSPS) is 24.1. The van der Waals surface area contributed by atoms with Crippen molar-refractivity contribution in [2.45, 2.75) is 37.9 Å². The molecule has 6 heteroatoms.